The third kappa shape index (κ3) is 6.01. The van der Waals surface area contributed by atoms with Crippen molar-refractivity contribution in [1.29, 1.82) is 5.26 Å². The molecule has 0 aliphatic rings. The fourth-order valence-electron chi connectivity index (χ4n) is 3.57. The van der Waals surface area contributed by atoms with Gasteiger partial charge in [-0.25, -0.2) is 8.91 Å². The summed E-state index contributed by atoms with van der Waals surface area (Å²) >= 11 is 0. The van der Waals surface area contributed by atoms with Crippen molar-refractivity contribution in [2.24, 2.45) is 0 Å². The van der Waals surface area contributed by atoms with Crippen LogP contribution in [0, 0.1) is 11.3 Å². The number of aromatic nitrogens is 3. The zero-order chi connectivity index (χ0) is 27.4. The van der Waals surface area contributed by atoms with Crippen molar-refractivity contribution in [2.45, 2.75) is 32.2 Å². The Labute approximate surface area is 215 Å². The molecular formula is C26H23F3N6O3. The molecule has 12 heteroatoms. The largest absolute Gasteiger partial charge is 0.435 e. The summed E-state index contributed by atoms with van der Waals surface area (Å²) in [5.74, 6) is -0.763. The van der Waals surface area contributed by atoms with Crippen molar-refractivity contribution in [3.8, 4) is 23.2 Å². The van der Waals surface area contributed by atoms with Gasteiger partial charge in [-0.05, 0) is 50.2 Å². The van der Waals surface area contributed by atoms with E-state index in [1.807, 2.05) is 6.07 Å². The minimum absolute atomic E-state index is 0.0393. The number of nitrogens with zero attached hydrogens (tertiary/aromatic N) is 4. The Morgan fingerprint density at radius 3 is 2.68 bits per heavy atom. The van der Waals surface area contributed by atoms with E-state index in [0.717, 1.165) is 0 Å². The molecule has 4 aromatic rings. The lowest BCUT2D eigenvalue weighted by molar-refractivity contribution is -0.0498. The molecule has 3 heterocycles. The van der Waals surface area contributed by atoms with Crippen molar-refractivity contribution in [1.82, 2.24) is 19.9 Å². The summed E-state index contributed by atoms with van der Waals surface area (Å²) in [6.45, 7) is -0.885. The molecule has 0 bridgehead atoms. The molecule has 0 unspecified atom stereocenters. The number of fused-ring (bicyclic) bond motifs is 1. The third-order valence-electron chi connectivity index (χ3n) is 5.59. The van der Waals surface area contributed by atoms with Crippen LogP contribution in [0.2, 0.25) is 0 Å². The zero-order valence-electron chi connectivity index (χ0n) is 20.3. The second kappa shape index (κ2) is 10.8. The van der Waals surface area contributed by atoms with E-state index in [1.165, 1.54) is 44.4 Å². The Hall–Kier alpha value is -4.63. The van der Waals surface area contributed by atoms with Gasteiger partial charge in [-0.15, -0.1) is 0 Å². The number of hydrogen-bond acceptors (Lipinski definition) is 7. The second-order valence-electron chi connectivity index (χ2n) is 8.89. The van der Waals surface area contributed by atoms with Crippen LogP contribution >= 0.6 is 0 Å². The number of alkyl halides is 3. The maximum Gasteiger partial charge on any atom is 0.387 e. The van der Waals surface area contributed by atoms with Gasteiger partial charge in [-0.1, -0.05) is 6.07 Å². The molecule has 0 aliphatic carbocycles. The summed E-state index contributed by atoms with van der Waals surface area (Å²) in [4.78, 5) is 17.3. The molecule has 0 radical (unpaired) electrons. The van der Waals surface area contributed by atoms with E-state index in [4.69, 9.17) is 5.26 Å². The third-order valence-corrected chi connectivity index (χ3v) is 5.59. The number of ether oxygens (including phenoxy) is 1. The monoisotopic (exact) mass is 524 g/mol. The fourth-order valence-corrected chi connectivity index (χ4v) is 3.57. The van der Waals surface area contributed by atoms with Crippen LogP contribution in [0.4, 0.5) is 24.5 Å². The lowest BCUT2D eigenvalue weighted by Gasteiger charge is -2.22. The van der Waals surface area contributed by atoms with Crippen LogP contribution in [0.3, 0.4) is 0 Å². The number of pyridine rings is 1. The van der Waals surface area contributed by atoms with Crippen molar-refractivity contribution in [2.75, 3.05) is 11.9 Å². The van der Waals surface area contributed by atoms with Gasteiger partial charge in [0.05, 0.1) is 52.1 Å². The molecule has 0 saturated carbocycles. The van der Waals surface area contributed by atoms with E-state index >= 15 is 0 Å². The van der Waals surface area contributed by atoms with Crippen LogP contribution in [0.5, 0.6) is 5.75 Å². The lowest BCUT2D eigenvalue weighted by Crippen LogP contribution is -2.42. The summed E-state index contributed by atoms with van der Waals surface area (Å²) in [5, 5.41) is 28.7. The number of halogens is 3. The Morgan fingerprint density at radius 2 is 1.97 bits per heavy atom. The van der Waals surface area contributed by atoms with Crippen molar-refractivity contribution in [3.05, 3.63) is 72.1 Å². The standard InChI is InChI=1S/C26H23F3N6O3/c1-26(2,37)23(27)14-32-24(36)19-13-31-21(22-7-6-17-8-15(11-30)12-33-35(17)22)10-20(19)34-16-4-3-5-18(9-16)38-25(28)29/h3-10,12-13,23,25,37H,14H2,1-2H3,(H,31,34)(H,32,36)/t23-/m1/s1. The number of anilines is 2. The van der Waals surface area contributed by atoms with Gasteiger partial charge in [-0.2, -0.15) is 19.1 Å². The molecule has 0 aliphatic heterocycles. The van der Waals surface area contributed by atoms with Crippen LogP contribution in [-0.2, 0) is 0 Å². The summed E-state index contributed by atoms with van der Waals surface area (Å²) in [5.41, 5.74) is 0.951. The van der Waals surface area contributed by atoms with E-state index in [9.17, 15) is 23.1 Å². The van der Waals surface area contributed by atoms with Gasteiger partial charge < -0.3 is 20.5 Å². The molecule has 4 rings (SSSR count). The van der Waals surface area contributed by atoms with Crippen molar-refractivity contribution < 1.29 is 27.8 Å². The van der Waals surface area contributed by atoms with Gasteiger partial charge in [0.15, 0.2) is 0 Å². The van der Waals surface area contributed by atoms with Gasteiger partial charge in [0, 0.05) is 18.0 Å². The SMILES string of the molecule is CC(C)(O)[C@H](F)CNC(=O)c1cnc(-c2ccc3cc(C#N)cnn23)cc1Nc1cccc(OC(F)F)c1. The molecule has 196 valence electrons. The van der Waals surface area contributed by atoms with E-state index in [-0.39, 0.29) is 17.0 Å². The average molecular weight is 525 g/mol. The summed E-state index contributed by atoms with van der Waals surface area (Å²) < 4.78 is 45.6. The Kier molecular flexibility index (Phi) is 7.50. The minimum atomic E-state index is -3.01. The molecule has 9 nitrogen and oxygen atoms in total. The number of hydrogen-bond donors (Lipinski definition) is 3. The molecule has 0 fully saturated rings. The summed E-state index contributed by atoms with van der Waals surface area (Å²) in [6.07, 6.45) is 0.962. The van der Waals surface area contributed by atoms with E-state index in [0.29, 0.717) is 28.2 Å². The molecule has 1 aromatic carbocycles. The molecule has 0 saturated heterocycles. The first kappa shape index (κ1) is 26.4. The Morgan fingerprint density at radius 1 is 1.18 bits per heavy atom. The molecule has 3 aromatic heterocycles. The average Bonchev–Trinajstić information content (AvgIpc) is 3.29. The van der Waals surface area contributed by atoms with Crippen molar-refractivity contribution >= 4 is 22.8 Å². The minimum Gasteiger partial charge on any atom is -0.435 e. The molecule has 1 atom stereocenters. The number of nitriles is 1. The number of carbonyl (C=O) groups is 1. The molecule has 0 spiro atoms. The maximum atomic E-state index is 14.2. The van der Waals surface area contributed by atoms with Gasteiger partial charge >= 0.3 is 6.61 Å². The first-order valence-corrected chi connectivity index (χ1v) is 11.4. The van der Waals surface area contributed by atoms with Crippen LogP contribution in [-0.4, -0.2) is 50.5 Å². The van der Waals surface area contributed by atoms with Crippen LogP contribution in [0.15, 0.2) is 60.9 Å². The highest BCUT2D eigenvalue weighted by molar-refractivity contribution is 6.00. The Balaban J connectivity index is 1.71. The predicted octanol–water partition coefficient (Wildman–Crippen LogP) is 4.45. The highest BCUT2D eigenvalue weighted by Crippen LogP contribution is 2.29. The number of aliphatic hydroxyl groups is 1. The van der Waals surface area contributed by atoms with E-state index < -0.39 is 30.8 Å². The smallest absolute Gasteiger partial charge is 0.387 e. The van der Waals surface area contributed by atoms with Crippen LogP contribution < -0.4 is 15.4 Å². The molecular weight excluding hydrogens is 501 g/mol. The highest BCUT2D eigenvalue weighted by Gasteiger charge is 2.27. The molecule has 38 heavy (non-hydrogen) atoms. The van der Waals surface area contributed by atoms with Gasteiger partial charge in [-0.3, -0.25) is 9.78 Å². The number of nitrogens with one attached hydrogen (secondary N) is 2. The van der Waals surface area contributed by atoms with Crippen LogP contribution in [0.1, 0.15) is 29.8 Å². The number of carbonyl (C=O) groups excluding carboxylic acids is 1. The lowest BCUT2D eigenvalue weighted by atomic mass is 10.0. The van der Waals surface area contributed by atoms with Gasteiger partial charge in [0.2, 0.25) is 0 Å². The quantitative estimate of drug-likeness (QED) is 0.295. The first-order valence-electron chi connectivity index (χ1n) is 11.4. The van der Waals surface area contributed by atoms with Gasteiger partial charge in [0.1, 0.15) is 18.0 Å². The number of rotatable bonds is 9. The Bertz CT molecular complexity index is 1510. The number of amides is 1. The van der Waals surface area contributed by atoms with Crippen LogP contribution in [0.25, 0.3) is 16.9 Å². The predicted molar refractivity (Wildman–Crippen MR) is 133 cm³/mol. The zero-order valence-corrected chi connectivity index (χ0v) is 20.3. The van der Waals surface area contributed by atoms with Crippen molar-refractivity contribution in [3.63, 3.8) is 0 Å². The highest BCUT2D eigenvalue weighted by atomic mass is 19.3. The summed E-state index contributed by atoms with van der Waals surface area (Å²) in [7, 11) is 0. The number of benzene rings is 1. The molecule has 3 N–H and O–H groups in total. The molecule has 1 amide bonds. The van der Waals surface area contributed by atoms with E-state index in [1.54, 1.807) is 34.8 Å². The second-order valence-corrected chi connectivity index (χ2v) is 8.89. The summed E-state index contributed by atoms with van der Waals surface area (Å²) in [6, 6.07) is 14.5. The normalized spacial score (nSPS) is 12.3. The van der Waals surface area contributed by atoms with E-state index in [2.05, 4.69) is 25.5 Å². The topological polar surface area (TPSA) is 125 Å². The fraction of sp³-hybridized carbons (Fsp3) is 0.231. The maximum absolute atomic E-state index is 14.2. The first-order chi connectivity index (χ1) is 18.0. The van der Waals surface area contributed by atoms with Gasteiger partial charge in [0.25, 0.3) is 5.91 Å².